The van der Waals surface area contributed by atoms with Crippen LogP contribution >= 0.6 is 0 Å². The number of carbonyl (C=O) groups excluding carboxylic acids is 4. The van der Waals surface area contributed by atoms with Crippen LogP contribution in [0.1, 0.15) is 106 Å². The number of aliphatic hydroxyl groups is 1. The molecule has 4 amide bonds. The molecule has 1 spiro atoms. The number of fused-ring (bicyclic) bond motifs is 7. The van der Waals surface area contributed by atoms with Crippen molar-refractivity contribution in [1.82, 2.24) is 41.1 Å². The van der Waals surface area contributed by atoms with Crippen molar-refractivity contribution in [2.24, 2.45) is 11.3 Å². The van der Waals surface area contributed by atoms with Gasteiger partial charge >= 0.3 is 0 Å². The molecule has 9 aliphatic heterocycles. The van der Waals surface area contributed by atoms with Crippen LogP contribution in [0.4, 0.5) is 17.1 Å². The van der Waals surface area contributed by atoms with Crippen molar-refractivity contribution in [3.63, 3.8) is 0 Å². The van der Waals surface area contributed by atoms with Crippen molar-refractivity contribution in [2.45, 2.75) is 139 Å². The lowest BCUT2D eigenvalue weighted by Gasteiger charge is -2.50. The maximum absolute atomic E-state index is 13.8. The van der Waals surface area contributed by atoms with Crippen LogP contribution in [0.2, 0.25) is 0 Å². The van der Waals surface area contributed by atoms with Crippen molar-refractivity contribution >= 4 is 40.7 Å². The molecule has 0 radical (unpaired) electrons. The Morgan fingerprint density at radius 3 is 2.30 bits per heavy atom. The standard InChI is InChI=1S/C50H69N11O5/c1-49(66)18-3-2-4-23-60-47(65)39-31-51-48(55-44(39)61(60)42-7-5-6-41(49)53-42)52-34-9-12-35(13-10-34)56-24-16-36(17-25-56)57-26-19-50(20-27-57)21-28-58(29-22-50)37-11-8-33-32-59(46(64)38(33)30-37)40-14-15-43(62)54-45(40)63/h2,4,8-13,30,36,39-42,44,48,51-53,55,66H,3,5-7,14-29,31-32H2,1H3,(H,54,62,63)/b4-2-/t39?,40?,41?,42?,44?,48?,49-/m1/s1. The van der Waals surface area contributed by atoms with Gasteiger partial charge in [0.2, 0.25) is 17.7 Å². The molecule has 2 aromatic rings. The summed E-state index contributed by atoms with van der Waals surface area (Å²) in [5, 5.41) is 32.7. The number of carbonyl (C=O) groups is 4. The molecular formula is C50H69N11O5. The van der Waals surface area contributed by atoms with E-state index >= 15 is 0 Å². The molecule has 0 aliphatic carbocycles. The molecule has 9 heterocycles. The summed E-state index contributed by atoms with van der Waals surface area (Å²) < 4.78 is 0. The largest absolute Gasteiger partial charge is 0.389 e. The number of hydrogen-bond acceptors (Lipinski definition) is 13. The average Bonchev–Trinajstić information content (AvgIpc) is 3.80. The summed E-state index contributed by atoms with van der Waals surface area (Å²) in [4.78, 5) is 60.9. The first-order valence-corrected chi connectivity index (χ1v) is 25.1. The SMILES string of the molecule is C[C@@]1(O)CC/C=C\CN2C(=O)C3CNC(Nc4ccc(N5CCC(N6CCC7(CCN(c8ccc9c(c8)C(=O)N(C8CCC(=O)NC8=O)C9)CC7)CC6)CC5)cc4)NC3N2C2CCCC1N2. The Balaban J connectivity index is 0.639. The Kier molecular flexibility index (Phi) is 11.9. The molecule has 7 saturated heterocycles. The number of piperidine rings is 5. The zero-order chi connectivity index (χ0) is 45.2. The van der Waals surface area contributed by atoms with E-state index in [1.807, 2.05) is 18.0 Å². The first-order chi connectivity index (χ1) is 32.0. The van der Waals surface area contributed by atoms with Crippen molar-refractivity contribution in [2.75, 3.05) is 67.5 Å². The molecule has 16 heteroatoms. The third kappa shape index (κ3) is 8.40. The number of anilines is 3. The number of hydrazine groups is 1. The van der Waals surface area contributed by atoms with E-state index in [0.29, 0.717) is 49.5 Å². The maximum Gasteiger partial charge on any atom is 0.255 e. The molecule has 16 nitrogen and oxygen atoms in total. The van der Waals surface area contributed by atoms with E-state index in [9.17, 15) is 24.3 Å². The van der Waals surface area contributed by atoms with Gasteiger partial charge in [-0.2, -0.15) is 5.01 Å². The smallest absolute Gasteiger partial charge is 0.255 e. The van der Waals surface area contributed by atoms with Crippen molar-refractivity contribution in [3.05, 3.63) is 65.7 Å². The average molecular weight is 904 g/mol. The fourth-order valence-corrected chi connectivity index (χ4v) is 13.0. The molecule has 354 valence electrons. The van der Waals surface area contributed by atoms with E-state index in [-0.39, 0.29) is 60.6 Å². The van der Waals surface area contributed by atoms with Gasteiger partial charge in [0.05, 0.1) is 30.4 Å². The lowest BCUT2D eigenvalue weighted by molar-refractivity contribution is -0.146. The maximum atomic E-state index is 13.8. The molecule has 0 saturated carbocycles. The predicted molar refractivity (Wildman–Crippen MR) is 252 cm³/mol. The van der Waals surface area contributed by atoms with Gasteiger partial charge in [-0.3, -0.25) is 45.5 Å². The summed E-state index contributed by atoms with van der Waals surface area (Å²) in [7, 11) is 0. The minimum atomic E-state index is -0.805. The van der Waals surface area contributed by atoms with Crippen molar-refractivity contribution in [3.8, 4) is 0 Å². The first-order valence-electron chi connectivity index (χ1n) is 25.1. The van der Waals surface area contributed by atoms with Gasteiger partial charge in [0.25, 0.3) is 5.91 Å². The number of benzene rings is 2. The lowest BCUT2D eigenvalue weighted by Crippen LogP contribution is -2.69. The molecule has 2 bridgehead atoms. The molecule has 9 aliphatic rings. The molecule has 6 N–H and O–H groups in total. The number of allylic oxidation sites excluding steroid dienone is 1. The summed E-state index contributed by atoms with van der Waals surface area (Å²) >= 11 is 0. The second-order valence-corrected chi connectivity index (χ2v) is 21.1. The quantitative estimate of drug-likeness (QED) is 0.185. The highest BCUT2D eigenvalue weighted by Gasteiger charge is 2.53. The van der Waals surface area contributed by atoms with E-state index in [1.165, 1.54) is 57.3 Å². The van der Waals surface area contributed by atoms with Gasteiger partial charge < -0.3 is 30.0 Å². The van der Waals surface area contributed by atoms with Crippen LogP contribution in [0, 0.1) is 11.3 Å². The van der Waals surface area contributed by atoms with Crippen LogP contribution in [0.15, 0.2) is 54.6 Å². The molecule has 0 aromatic heterocycles. The van der Waals surface area contributed by atoms with E-state index in [2.05, 4.69) is 94.8 Å². The Morgan fingerprint density at radius 2 is 1.53 bits per heavy atom. The van der Waals surface area contributed by atoms with Crippen LogP contribution in [-0.2, 0) is 20.9 Å². The fraction of sp³-hybridized carbons (Fsp3) is 0.640. The van der Waals surface area contributed by atoms with E-state index in [0.717, 1.165) is 68.8 Å². The number of rotatable bonds is 6. The molecule has 66 heavy (non-hydrogen) atoms. The molecule has 2 aromatic carbocycles. The zero-order valence-electron chi connectivity index (χ0n) is 38.6. The van der Waals surface area contributed by atoms with Gasteiger partial charge in [-0.15, -0.1) is 0 Å². The highest BCUT2D eigenvalue weighted by Crippen LogP contribution is 2.44. The summed E-state index contributed by atoms with van der Waals surface area (Å²) in [6, 6.07) is 15.1. The molecule has 7 atom stereocenters. The second kappa shape index (κ2) is 17.8. The van der Waals surface area contributed by atoms with Gasteiger partial charge in [0.15, 0.2) is 0 Å². The lowest BCUT2D eigenvalue weighted by atomic mass is 9.71. The van der Waals surface area contributed by atoms with Crippen LogP contribution in [0.5, 0.6) is 0 Å². The number of imide groups is 1. The van der Waals surface area contributed by atoms with Gasteiger partial charge in [0, 0.05) is 80.4 Å². The predicted octanol–water partition coefficient (Wildman–Crippen LogP) is 3.26. The van der Waals surface area contributed by atoms with E-state index < -0.39 is 11.6 Å². The fourth-order valence-electron chi connectivity index (χ4n) is 13.0. The number of nitrogens with zero attached hydrogens (tertiary/aromatic N) is 6. The number of nitrogens with one attached hydrogen (secondary N) is 5. The van der Waals surface area contributed by atoms with E-state index in [4.69, 9.17) is 0 Å². The van der Waals surface area contributed by atoms with Gasteiger partial charge in [-0.25, -0.2) is 0 Å². The Hall–Kier alpha value is -4.58. The minimum absolute atomic E-state index is 0.0164. The molecule has 7 fully saturated rings. The topological polar surface area (TPSA) is 168 Å². The summed E-state index contributed by atoms with van der Waals surface area (Å²) in [6.45, 7) is 9.91. The highest BCUT2D eigenvalue weighted by molar-refractivity contribution is 6.05. The van der Waals surface area contributed by atoms with Crippen molar-refractivity contribution in [1.29, 1.82) is 0 Å². The van der Waals surface area contributed by atoms with Crippen LogP contribution in [0.3, 0.4) is 0 Å². The monoisotopic (exact) mass is 904 g/mol. The minimum Gasteiger partial charge on any atom is -0.389 e. The molecular weight excluding hydrogens is 835 g/mol. The summed E-state index contributed by atoms with van der Waals surface area (Å²) in [5.41, 5.74) is 4.60. The van der Waals surface area contributed by atoms with Gasteiger partial charge in [-0.05, 0) is 144 Å². The number of amides is 4. The summed E-state index contributed by atoms with van der Waals surface area (Å²) in [5.74, 6) is -0.792. The Labute approximate surface area is 388 Å². The van der Waals surface area contributed by atoms with Crippen LogP contribution < -0.4 is 36.4 Å². The number of hydrogen-bond donors (Lipinski definition) is 6. The molecule has 11 rings (SSSR count). The third-order valence-electron chi connectivity index (χ3n) is 17.2. The summed E-state index contributed by atoms with van der Waals surface area (Å²) in [6.07, 6.45) is 16.0. The van der Waals surface area contributed by atoms with E-state index in [1.54, 1.807) is 4.90 Å². The van der Waals surface area contributed by atoms with Crippen LogP contribution in [0.25, 0.3) is 0 Å². The first kappa shape index (κ1) is 44.0. The highest BCUT2D eigenvalue weighted by atomic mass is 16.3. The van der Waals surface area contributed by atoms with Gasteiger partial charge in [0.1, 0.15) is 12.3 Å². The number of likely N-dealkylation sites (tertiary alicyclic amines) is 1. The normalized spacial score (nSPS) is 33.8. The van der Waals surface area contributed by atoms with Crippen LogP contribution in [-0.4, -0.2) is 143 Å². The third-order valence-corrected chi connectivity index (χ3v) is 17.2. The van der Waals surface area contributed by atoms with Crippen molar-refractivity contribution < 1.29 is 24.3 Å². The van der Waals surface area contributed by atoms with Gasteiger partial charge in [-0.1, -0.05) is 18.2 Å². The Bertz CT molecular complexity index is 2190. The second-order valence-electron chi connectivity index (χ2n) is 21.1. The Morgan fingerprint density at radius 1 is 0.788 bits per heavy atom. The molecule has 6 unspecified atom stereocenters. The zero-order valence-corrected chi connectivity index (χ0v) is 38.6.